The Morgan fingerprint density at radius 2 is 1.97 bits per heavy atom. The van der Waals surface area contributed by atoms with Crippen molar-refractivity contribution >= 4 is 35.1 Å². The monoisotopic (exact) mass is 574 g/mol. The molecule has 0 bridgehead atoms. The number of carbonyl (C=O) groups excluding carboxylic acids is 2. The lowest BCUT2D eigenvalue weighted by Gasteiger charge is -2.16. The molecule has 39 heavy (non-hydrogen) atoms. The van der Waals surface area contributed by atoms with Crippen LogP contribution in [0.1, 0.15) is 34.6 Å². The van der Waals surface area contributed by atoms with Crippen LogP contribution in [0.3, 0.4) is 0 Å². The number of nitrogens with two attached hydrogens (primary N) is 1. The summed E-state index contributed by atoms with van der Waals surface area (Å²) in [7, 11) is 0. The fourth-order valence-electron chi connectivity index (χ4n) is 4.04. The molecule has 9 nitrogen and oxygen atoms in total. The third-order valence-electron chi connectivity index (χ3n) is 6.03. The van der Waals surface area contributed by atoms with Crippen molar-refractivity contribution in [2.24, 2.45) is 0 Å². The van der Waals surface area contributed by atoms with Gasteiger partial charge in [0.2, 0.25) is 0 Å². The molecule has 6 N–H and O–H groups in total. The van der Waals surface area contributed by atoms with E-state index in [0.29, 0.717) is 35.0 Å². The number of ether oxygens (including phenoxy) is 1. The minimum atomic E-state index is -0.778. The summed E-state index contributed by atoms with van der Waals surface area (Å²) in [5, 5.41) is 21.9. The lowest BCUT2D eigenvalue weighted by Crippen LogP contribution is -2.84. The molecule has 2 heterocycles. The molecule has 0 aliphatic carbocycles. The van der Waals surface area contributed by atoms with Crippen molar-refractivity contribution in [3.05, 3.63) is 87.5 Å². The van der Waals surface area contributed by atoms with Gasteiger partial charge in [-0.3, -0.25) is 9.89 Å². The van der Waals surface area contributed by atoms with E-state index >= 15 is 0 Å². The van der Waals surface area contributed by atoms with Crippen LogP contribution >= 0.6 is 23.2 Å². The number of quaternary nitrogens is 1. The maximum Gasteiger partial charge on any atom is 0.361 e. The van der Waals surface area contributed by atoms with E-state index < -0.39 is 24.4 Å². The highest BCUT2D eigenvalue weighted by molar-refractivity contribution is 6.31. The van der Waals surface area contributed by atoms with Gasteiger partial charge in [0.15, 0.2) is 6.54 Å². The number of H-pyrrole nitrogens is 2. The molecule has 2 aromatic carbocycles. The third kappa shape index (κ3) is 6.85. The minimum Gasteiger partial charge on any atom is -0.462 e. The summed E-state index contributed by atoms with van der Waals surface area (Å²) in [4.78, 5) is 27.4. The van der Waals surface area contributed by atoms with Crippen LogP contribution < -0.4 is 10.6 Å². The second-order valence-electron chi connectivity index (χ2n) is 8.65. The third-order valence-corrected chi connectivity index (χ3v) is 6.68. The quantitative estimate of drug-likeness (QED) is 0.174. The number of hydrogen-bond acceptors (Lipinski definition) is 5. The van der Waals surface area contributed by atoms with E-state index in [2.05, 4.69) is 20.5 Å². The maximum atomic E-state index is 13.5. The van der Waals surface area contributed by atoms with Crippen LogP contribution in [0.15, 0.2) is 54.9 Å². The van der Waals surface area contributed by atoms with Crippen molar-refractivity contribution in [1.29, 1.82) is 0 Å². The molecule has 0 unspecified atom stereocenters. The van der Waals surface area contributed by atoms with E-state index in [1.165, 1.54) is 18.2 Å². The molecular formula is C27H27Cl2FN5O4+. The van der Waals surface area contributed by atoms with E-state index in [1.807, 2.05) is 23.5 Å². The van der Waals surface area contributed by atoms with Crippen LogP contribution in [0, 0.1) is 5.82 Å². The molecule has 12 heteroatoms. The second-order valence-corrected chi connectivity index (χ2v) is 9.47. The van der Waals surface area contributed by atoms with E-state index in [9.17, 15) is 19.1 Å². The zero-order chi connectivity index (χ0) is 27.9. The average Bonchev–Trinajstić information content (AvgIpc) is 3.60. The highest BCUT2D eigenvalue weighted by Crippen LogP contribution is 2.33. The number of amides is 1. The molecule has 4 aromatic rings. The molecule has 204 valence electrons. The molecule has 4 rings (SSSR count). The van der Waals surface area contributed by atoms with Crippen molar-refractivity contribution in [3.8, 4) is 22.4 Å². The fourth-order valence-corrected chi connectivity index (χ4v) is 4.49. The van der Waals surface area contributed by atoms with Gasteiger partial charge in [0.25, 0.3) is 5.91 Å². The van der Waals surface area contributed by atoms with Gasteiger partial charge in [0.1, 0.15) is 18.1 Å². The largest absolute Gasteiger partial charge is 0.462 e. The number of esters is 1. The van der Waals surface area contributed by atoms with Gasteiger partial charge in [-0.05, 0) is 42.3 Å². The lowest BCUT2D eigenvalue weighted by molar-refractivity contribution is -0.661. The Morgan fingerprint density at radius 1 is 1.15 bits per heavy atom. The number of hydrogen-bond donors (Lipinski definition) is 5. The summed E-state index contributed by atoms with van der Waals surface area (Å²) in [6.07, 6.45) is 3.33. The van der Waals surface area contributed by atoms with Crippen LogP contribution in [-0.4, -0.2) is 51.9 Å². The Kier molecular flexibility index (Phi) is 9.36. The normalized spacial score (nSPS) is 11.8. The summed E-state index contributed by atoms with van der Waals surface area (Å²) in [5.74, 6) is -1.33. The summed E-state index contributed by atoms with van der Waals surface area (Å²) < 4.78 is 18.4. The number of halogens is 3. The van der Waals surface area contributed by atoms with E-state index in [4.69, 9.17) is 27.9 Å². The first-order valence-corrected chi connectivity index (χ1v) is 12.9. The fraction of sp³-hybridized carbons (Fsp3) is 0.222. The van der Waals surface area contributed by atoms with E-state index in [0.717, 1.165) is 16.7 Å². The Morgan fingerprint density at radius 3 is 2.69 bits per heavy atom. The topological polar surface area (TPSA) is 137 Å². The Labute approximate surface area is 233 Å². The smallest absolute Gasteiger partial charge is 0.361 e. The summed E-state index contributed by atoms with van der Waals surface area (Å²) >= 11 is 12.4. The van der Waals surface area contributed by atoms with Crippen LogP contribution in [0.2, 0.25) is 10.0 Å². The first-order chi connectivity index (χ1) is 18.8. The van der Waals surface area contributed by atoms with Crippen LogP contribution in [0.25, 0.3) is 22.4 Å². The first kappa shape index (κ1) is 28.3. The van der Waals surface area contributed by atoms with Crippen molar-refractivity contribution in [2.75, 3.05) is 19.8 Å². The van der Waals surface area contributed by atoms with Gasteiger partial charge in [0.05, 0.1) is 36.2 Å². The number of rotatable bonds is 11. The van der Waals surface area contributed by atoms with Crippen LogP contribution in [-0.2, 0) is 16.1 Å². The first-order valence-electron chi connectivity index (χ1n) is 12.2. The number of nitrogens with zero attached hydrogens (tertiary/aromatic N) is 1. The molecule has 0 fully saturated rings. The van der Waals surface area contributed by atoms with E-state index in [1.54, 1.807) is 25.4 Å². The molecule has 0 aliphatic heterocycles. The summed E-state index contributed by atoms with van der Waals surface area (Å²) in [6.45, 7) is 2.43. The van der Waals surface area contributed by atoms with Gasteiger partial charge >= 0.3 is 5.97 Å². The van der Waals surface area contributed by atoms with Gasteiger partial charge in [-0.1, -0.05) is 41.4 Å². The highest BCUT2D eigenvalue weighted by atomic mass is 35.5. The number of nitrogens with one attached hydrogen (secondary N) is 3. The van der Waals surface area contributed by atoms with Crippen LogP contribution in [0.5, 0.6) is 0 Å². The summed E-state index contributed by atoms with van der Waals surface area (Å²) in [6, 6.07) is 10.5. The molecule has 0 radical (unpaired) electrons. The number of aromatic nitrogens is 3. The van der Waals surface area contributed by atoms with Crippen molar-refractivity contribution in [3.63, 3.8) is 0 Å². The number of benzene rings is 2. The van der Waals surface area contributed by atoms with Gasteiger partial charge in [0, 0.05) is 27.9 Å². The number of aliphatic hydroxyl groups is 1. The average molecular weight is 575 g/mol. The molecular weight excluding hydrogens is 548 g/mol. The zero-order valence-electron chi connectivity index (χ0n) is 20.9. The highest BCUT2D eigenvalue weighted by Gasteiger charge is 2.19. The summed E-state index contributed by atoms with van der Waals surface area (Å²) in [5.41, 5.74) is 4.54. The van der Waals surface area contributed by atoms with Gasteiger partial charge < -0.3 is 25.5 Å². The Balaban J connectivity index is 1.47. The Hall–Kier alpha value is -3.70. The number of carbonyl (C=O) groups is 2. The van der Waals surface area contributed by atoms with Crippen molar-refractivity contribution in [1.82, 2.24) is 20.5 Å². The van der Waals surface area contributed by atoms with Gasteiger partial charge in [-0.25, -0.2) is 9.18 Å². The molecule has 1 amide bonds. The van der Waals surface area contributed by atoms with Crippen molar-refractivity contribution in [2.45, 2.75) is 19.5 Å². The van der Waals surface area contributed by atoms with Gasteiger partial charge in [-0.15, -0.1) is 0 Å². The lowest BCUT2D eigenvalue weighted by atomic mass is 10.0. The Bertz CT molecular complexity index is 1470. The number of aromatic amines is 2. The second kappa shape index (κ2) is 12.9. The number of aliphatic hydroxyl groups excluding tert-OH is 1. The van der Waals surface area contributed by atoms with Gasteiger partial charge in [-0.2, -0.15) is 5.10 Å². The maximum absolute atomic E-state index is 13.5. The minimum absolute atomic E-state index is 0.0999. The molecule has 0 saturated carbocycles. The predicted molar refractivity (Wildman–Crippen MR) is 145 cm³/mol. The molecule has 0 aliphatic rings. The molecule has 0 saturated heterocycles. The molecule has 2 aromatic heterocycles. The zero-order valence-corrected chi connectivity index (χ0v) is 22.4. The standard InChI is InChI=1S/C27H26Cl2FN5O4/c1-2-39-25(37)13-31-10-17-4-3-15(7-20(17)28)19-12-33-35-26(19)18-9-23(32-11-18)27(38)34-24(14-36)16-5-6-22(30)21(29)8-16/h3-9,11-12,24,31-32,36H,2,10,13-14H2,1H3,(H,33,35)(H,34,38)/p+1/t24-/m1/s1. The molecule has 1 atom stereocenters. The predicted octanol–water partition coefficient (Wildman–Crippen LogP) is 3.61. The van der Waals surface area contributed by atoms with Crippen molar-refractivity contribution < 1.29 is 29.1 Å². The SMILES string of the molecule is CCOC(=O)C[NH2+]Cc1ccc(-c2cn[nH]c2-c2c[nH]c(C(=O)N[C@H](CO)c3ccc(F)c(Cl)c3)c2)cc1Cl. The van der Waals surface area contributed by atoms with Crippen LogP contribution in [0.4, 0.5) is 4.39 Å². The molecule has 0 spiro atoms. The van der Waals surface area contributed by atoms with E-state index in [-0.39, 0.29) is 23.2 Å².